The van der Waals surface area contributed by atoms with Gasteiger partial charge >= 0.3 is 0 Å². The third kappa shape index (κ3) is 3.32. The van der Waals surface area contributed by atoms with Gasteiger partial charge in [-0.05, 0) is 13.8 Å². The zero-order chi connectivity index (χ0) is 14.2. The van der Waals surface area contributed by atoms with Crippen molar-refractivity contribution in [2.45, 2.75) is 32.1 Å². The first kappa shape index (κ1) is 6.38. The molecule has 1 N–H and O–H groups in total. The van der Waals surface area contributed by atoms with E-state index in [0.29, 0.717) is 0 Å². The average molecular weight is 202 g/mol. The highest BCUT2D eigenvalue weighted by Gasteiger charge is 2.32. The molecule has 1 aliphatic rings. The maximum Gasteiger partial charge on any atom is 0.234 e. The number of carbonyl (C=O) groups is 1. The molecule has 0 saturated carbocycles. The van der Waals surface area contributed by atoms with E-state index in [2.05, 4.69) is 0 Å². The van der Waals surface area contributed by atoms with Crippen molar-refractivity contribution in [1.29, 1.82) is 5.26 Å². The van der Waals surface area contributed by atoms with Crippen molar-refractivity contribution in [2.75, 3.05) is 13.1 Å². The molecule has 1 unspecified atom stereocenters. The van der Waals surface area contributed by atoms with Crippen LogP contribution in [0.4, 0.5) is 0 Å². The van der Waals surface area contributed by atoms with E-state index in [-0.39, 0.29) is 6.61 Å². The lowest BCUT2D eigenvalue weighted by Crippen LogP contribution is -2.34. The van der Waals surface area contributed by atoms with Gasteiger partial charge in [-0.3, -0.25) is 4.79 Å². The van der Waals surface area contributed by atoms with Crippen LogP contribution in [-0.4, -0.2) is 30.9 Å². The molecule has 0 aromatic heterocycles. The highest BCUT2D eigenvalue weighted by atomic mass is 16.7. The van der Waals surface area contributed by atoms with Gasteiger partial charge in [0.2, 0.25) is 5.91 Å². The van der Waals surface area contributed by atoms with Crippen LogP contribution in [0.3, 0.4) is 0 Å². The van der Waals surface area contributed by atoms with E-state index in [4.69, 9.17) is 20.2 Å². The summed E-state index contributed by atoms with van der Waals surface area (Å²) in [6.45, 7) is 0.795. The molecule has 1 amide bonds. The topological polar surface area (TPSA) is 71.4 Å². The van der Waals surface area contributed by atoms with Crippen molar-refractivity contribution >= 4 is 5.91 Å². The minimum atomic E-state index is -2.79. The molecule has 1 heterocycles. The quantitative estimate of drug-likeness (QED) is 0.708. The Kier molecular flexibility index (Phi) is 2.00. The number of nitriles is 1. The Labute approximate surface area is 88.6 Å². The molecule has 1 saturated heterocycles. The summed E-state index contributed by atoms with van der Waals surface area (Å²) >= 11 is 0. The van der Waals surface area contributed by atoms with Gasteiger partial charge < -0.3 is 14.8 Å². The van der Waals surface area contributed by atoms with Gasteiger partial charge in [0.05, 0.1) is 18.2 Å². The number of hydrogen-bond acceptors (Lipinski definition) is 4. The average Bonchev–Trinajstić information content (AvgIpc) is 2.59. The third-order valence-corrected chi connectivity index (χ3v) is 1.52. The normalized spacial score (nSPS) is 30.5. The lowest BCUT2D eigenvalue weighted by atomic mass is 10.3. The van der Waals surface area contributed by atoms with Gasteiger partial charge in [-0.15, -0.1) is 0 Å². The van der Waals surface area contributed by atoms with E-state index in [1.807, 2.05) is 5.32 Å². The van der Waals surface area contributed by atoms with E-state index < -0.39 is 30.7 Å². The molecule has 0 aliphatic carbocycles. The fraction of sp³-hybridized carbons (Fsp3) is 0.778. The predicted octanol–water partition coefficient (Wildman–Crippen LogP) is 0.168. The summed E-state index contributed by atoms with van der Waals surface area (Å²) in [4.78, 5) is 11.4. The van der Waals surface area contributed by atoms with Crippen molar-refractivity contribution in [1.82, 2.24) is 5.32 Å². The summed E-state index contributed by atoms with van der Waals surface area (Å²) in [5, 5.41) is 10.3. The second-order valence-corrected chi connectivity index (χ2v) is 3.15. The van der Waals surface area contributed by atoms with Crippen molar-refractivity contribution in [2.24, 2.45) is 0 Å². The van der Waals surface area contributed by atoms with Crippen molar-refractivity contribution in [3.8, 4) is 6.07 Å². The second kappa shape index (κ2) is 4.40. The van der Waals surface area contributed by atoms with E-state index >= 15 is 0 Å². The van der Waals surface area contributed by atoms with Crippen LogP contribution in [0.25, 0.3) is 0 Å². The van der Waals surface area contributed by atoms with Crippen molar-refractivity contribution < 1.29 is 19.8 Å². The number of rotatable bonds is 3. The predicted molar refractivity (Wildman–Crippen MR) is 48.1 cm³/mol. The Balaban J connectivity index is 2.72. The van der Waals surface area contributed by atoms with Crippen LogP contribution in [0.2, 0.25) is 0 Å². The molecule has 1 atom stereocenters. The number of hydrogen-bond donors (Lipinski definition) is 1. The summed E-state index contributed by atoms with van der Waals surface area (Å²) in [6.07, 6.45) is -3.85. The maximum atomic E-state index is 11.4. The second-order valence-electron chi connectivity index (χ2n) is 3.15. The van der Waals surface area contributed by atoms with Gasteiger partial charge in [-0.25, -0.2) is 0 Å². The van der Waals surface area contributed by atoms with Gasteiger partial charge in [-0.2, -0.15) is 5.26 Å². The standard InChI is InChI=1S/C9H14N2O3/c1-9(2)13-6-7(14-9)5-11-8(12)3-4-10/h7H,3,5-6H2,1-2H3,(H,11,12)/i3D2,5D2. The molecule has 0 bridgehead atoms. The van der Waals surface area contributed by atoms with Crippen LogP contribution >= 0.6 is 0 Å². The van der Waals surface area contributed by atoms with Crippen LogP contribution in [0.1, 0.15) is 25.7 Å². The van der Waals surface area contributed by atoms with Crippen molar-refractivity contribution in [3.63, 3.8) is 0 Å². The fourth-order valence-electron chi connectivity index (χ4n) is 0.986. The summed E-state index contributed by atoms with van der Waals surface area (Å²) in [6, 6.07) is 1.15. The van der Waals surface area contributed by atoms with Crippen LogP contribution in [-0.2, 0) is 14.3 Å². The molecule has 5 nitrogen and oxygen atoms in total. The number of amides is 1. The van der Waals surface area contributed by atoms with E-state index in [1.165, 1.54) is 0 Å². The van der Waals surface area contributed by atoms with Crippen molar-refractivity contribution in [3.05, 3.63) is 0 Å². The lowest BCUT2D eigenvalue weighted by Gasteiger charge is -2.17. The molecule has 1 fully saturated rings. The fourth-order valence-corrected chi connectivity index (χ4v) is 0.986. The summed E-state index contributed by atoms with van der Waals surface area (Å²) in [5.41, 5.74) is 0. The number of nitrogens with zero attached hydrogens (tertiary/aromatic N) is 1. The van der Waals surface area contributed by atoms with Crippen LogP contribution in [0.15, 0.2) is 0 Å². The van der Waals surface area contributed by atoms with Gasteiger partial charge in [0, 0.05) is 6.50 Å². The van der Waals surface area contributed by atoms with Gasteiger partial charge in [0.1, 0.15) is 12.5 Å². The van der Waals surface area contributed by atoms with E-state index in [0.717, 1.165) is 6.07 Å². The van der Waals surface area contributed by atoms with Gasteiger partial charge in [-0.1, -0.05) is 0 Å². The molecule has 0 radical (unpaired) electrons. The first-order chi connectivity index (χ1) is 8.00. The summed E-state index contributed by atoms with van der Waals surface area (Å²) < 4.78 is 39.8. The largest absolute Gasteiger partial charge is 0.353 e. The maximum absolute atomic E-state index is 11.4. The van der Waals surface area contributed by atoms with E-state index in [9.17, 15) is 4.79 Å². The molecule has 78 valence electrons. The first-order valence-corrected chi connectivity index (χ1v) is 4.06. The molecule has 5 heteroatoms. The Bertz CT molecular complexity index is 392. The summed E-state index contributed by atoms with van der Waals surface area (Å²) in [7, 11) is 0. The highest BCUT2D eigenvalue weighted by molar-refractivity contribution is 5.77. The Hall–Kier alpha value is -1.12. The molecular formula is C9H14N2O3. The van der Waals surface area contributed by atoms with Gasteiger partial charge in [0.25, 0.3) is 0 Å². The Morgan fingerprint density at radius 3 is 3.07 bits per heavy atom. The van der Waals surface area contributed by atoms with Gasteiger partial charge in [0.15, 0.2) is 5.79 Å². The Morgan fingerprint density at radius 1 is 1.86 bits per heavy atom. The highest BCUT2D eigenvalue weighted by Crippen LogP contribution is 2.21. The lowest BCUT2D eigenvalue weighted by molar-refractivity contribution is -0.139. The number of carbonyl (C=O) groups excluding carboxylic acids is 1. The smallest absolute Gasteiger partial charge is 0.234 e. The van der Waals surface area contributed by atoms with E-state index in [1.54, 1.807) is 13.8 Å². The third-order valence-electron chi connectivity index (χ3n) is 1.52. The zero-order valence-corrected chi connectivity index (χ0v) is 7.96. The molecule has 0 aromatic carbocycles. The minimum Gasteiger partial charge on any atom is -0.353 e. The first-order valence-electron chi connectivity index (χ1n) is 6.06. The number of ether oxygens (including phenoxy) is 2. The van der Waals surface area contributed by atoms with Crippen LogP contribution in [0, 0.1) is 11.3 Å². The summed E-state index contributed by atoms with van der Waals surface area (Å²) in [5.74, 6) is -2.31. The molecule has 0 aromatic rings. The zero-order valence-electron chi connectivity index (χ0n) is 12.0. The Morgan fingerprint density at radius 2 is 2.57 bits per heavy atom. The minimum absolute atomic E-state index is 0.0736. The monoisotopic (exact) mass is 202 g/mol. The molecule has 1 aliphatic heterocycles. The molecular weight excluding hydrogens is 184 g/mol. The van der Waals surface area contributed by atoms with Crippen LogP contribution in [0.5, 0.6) is 0 Å². The molecule has 14 heavy (non-hydrogen) atoms. The molecule has 0 spiro atoms. The number of nitrogens with one attached hydrogen (secondary N) is 1. The SMILES string of the molecule is [2H]C([2H])(C#N)C(=O)NC([2H])([2H])C1COC(C)(C)O1. The molecule has 1 rings (SSSR count). The van der Waals surface area contributed by atoms with Crippen LogP contribution < -0.4 is 5.32 Å².